The highest BCUT2D eigenvalue weighted by atomic mass is 35.5. The predicted molar refractivity (Wildman–Crippen MR) is 54.2 cm³/mol. The molecule has 1 nitrogen and oxygen atoms in total. The largest absolute Gasteiger partial charge is 0.401 e. The third-order valence-corrected chi connectivity index (χ3v) is 2.40. The lowest BCUT2D eigenvalue weighted by Crippen LogP contribution is -2.28. The summed E-state index contributed by atoms with van der Waals surface area (Å²) in [4.78, 5) is 0. The van der Waals surface area contributed by atoms with Crippen molar-refractivity contribution in [3.8, 4) is 0 Å². The minimum atomic E-state index is -4.23. The van der Waals surface area contributed by atoms with Crippen LogP contribution in [-0.2, 0) is 6.54 Å². The molecule has 0 heterocycles. The zero-order valence-electron chi connectivity index (χ0n) is 7.54. The Bertz CT molecular complexity index is 318. The van der Waals surface area contributed by atoms with Crippen LogP contribution in [0.2, 0.25) is 10.0 Å². The fourth-order valence-electron chi connectivity index (χ4n) is 1.03. The van der Waals surface area contributed by atoms with Gasteiger partial charge in [-0.2, -0.15) is 13.2 Å². The summed E-state index contributed by atoms with van der Waals surface area (Å²) in [5, 5.41) is 2.95. The van der Waals surface area contributed by atoms with E-state index in [1.165, 1.54) is 0 Å². The summed E-state index contributed by atoms with van der Waals surface area (Å²) < 4.78 is 35.5. The summed E-state index contributed by atoms with van der Waals surface area (Å²) >= 11 is 11.5. The second kappa shape index (κ2) is 5.05. The molecule has 0 aliphatic rings. The van der Waals surface area contributed by atoms with Gasteiger partial charge >= 0.3 is 6.18 Å². The van der Waals surface area contributed by atoms with Gasteiger partial charge in [-0.15, -0.1) is 0 Å². The molecule has 1 aromatic carbocycles. The first-order valence-corrected chi connectivity index (χ1v) is 4.86. The molecule has 0 amide bonds. The topological polar surface area (TPSA) is 12.0 Å². The van der Waals surface area contributed by atoms with E-state index in [0.717, 1.165) is 0 Å². The van der Waals surface area contributed by atoms with Crippen molar-refractivity contribution in [1.82, 2.24) is 5.32 Å². The van der Waals surface area contributed by atoms with Crippen molar-refractivity contribution < 1.29 is 13.2 Å². The average molecular weight is 258 g/mol. The van der Waals surface area contributed by atoms with Crippen molar-refractivity contribution in [2.24, 2.45) is 0 Å². The van der Waals surface area contributed by atoms with Gasteiger partial charge in [0.25, 0.3) is 0 Å². The molecule has 6 heteroatoms. The molecule has 0 saturated heterocycles. The van der Waals surface area contributed by atoms with E-state index in [1.54, 1.807) is 18.2 Å². The van der Waals surface area contributed by atoms with Crippen molar-refractivity contribution >= 4 is 23.2 Å². The molecule has 0 fully saturated rings. The molecule has 1 rings (SSSR count). The summed E-state index contributed by atoms with van der Waals surface area (Å²) in [5.74, 6) is 0. The Morgan fingerprint density at radius 2 is 1.67 bits per heavy atom. The molecule has 0 aliphatic heterocycles. The second-order valence-corrected chi connectivity index (χ2v) is 3.73. The molecule has 0 aromatic heterocycles. The van der Waals surface area contributed by atoms with E-state index in [1.807, 2.05) is 0 Å². The van der Waals surface area contributed by atoms with E-state index >= 15 is 0 Å². The third kappa shape index (κ3) is 4.28. The van der Waals surface area contributed by atoms with Crippen LogP contribution in [0.4, 0.5) is 13.2 Å². The SMILES string of the molecule is FC(F)(F)CNCc1c(Cl)cccc1Cl. The Morgan fingerprint density at radius 1 is 1.13 bits per heavy atom. The summed E-state index contributed by atoms with van der Waals surface area (Å²) in [6.45, 7) is -1.06. The number of rotatable bonds is 3. The maximum Gasteiger partial charge on any atom is 0.401 e. The normalized spacial score (nSPS) is 11.8. The highest BCUT2D eigenvalue weighted by molar-refractivity contribution is 6.35. The van der Waals surface area contributed by atoms with Gasteiger partial charge in [0, 0.05) is 22.2 Å². The monoisotopic (exact) mass is 257 g/mol. The zero-order valence-corrected chi connectivity index (χ0v) is 9.05. The van der Waals surface area contributed by atoms with Crippen molar-refractivity contribution in [3.63, 3.8) is 0 Å². The molecule has 15 heavy (non-hydrogen) atoms. The predicted octanol–water partition coefficient (Wildman–Crippen LogP) is 3.65. The molecule has 0 saturated carbocycles. The molecular weight excluding hydrogens is 250 g/mol. The minimum Gasteiger partial charge on any atom is -0.304 e. The van der Waals surface area contributed by atoms with E-state index in [-0.39, 0.29) is 6.54 Å². The Labute approximate surface area is 95.2 Å². The van der Waals surface area contributed by atoms with Crippen LogP contribution in [0.1, 0.15) is 5.56 Å². The van der Waals surface area contributed by atoms with Crippen LogP contribution in [0.5, 0.6) is 0 Å². The van der Waals surface area contributed by atoms with E-state index in [9.17, 15) is 13.2 Å². The summed E-state index contributed by atoms with van der Waals surface area (Å²) in [6.07, 6.45) is -4.23. The van der Waals surface area contributed by atoms with Crippen LogP contribution in [0, 0.1) is 0 Å². The molecule has 84 valence electrons. The molecule has 1 aromatic rings. The molecule has 0 bridgehead atoms. The number of hydrogen-bond donors (Lipinski definition) is 1. The first-order valence-electron chi connectivity index (χ1n) is 4.10. The van der Waals surface area contributed by atoms with Gasteiger partial charge in [0.2, 0.25) is 0 Å². The minimum absolute atomic E-state index is 0.00197. The van der Waals surface area contributed by atoms with Gasteiger partial charge in [-0.05, 0) is 12.1 Å². The van der Waals surface area contributed by atoms with Crippen LogP contribution in [-0.4, -0.2) is 12.7 Å². The van der Waals surface area contributed by atoms with Crippen molar-refractivity contribution in [2.45, 2.75) is 12.7 Å². The molecule has 0 spiro atoms. The fraction of sp³-hybridized carbons (Fsp3) is 0.333. The Morgan fingerprint density at radius 3 is 2.13 bits per heavy atom. The number of benzene rings is 1. The number of alkyl halides is 3. The Hall–Kier alpha value is -0.450. The smallest absolute Gasteiger partial charge is 0.304 e. The van der Waals surface area contributed by atoms with Crippen molar-refractivity contribution in [3.05, 3.63) is 33.8 Å². The Kier molecular flexibility index (Phi) is 4.25. The van der Waals surface area contributed by atoms with E-state index < -0.39 is 12.7 Å². The third-order valence-electron chi connectivity index (χ3n) is 1.69. The lowest BCUT2D eigenvalue weighted by molar-refractivity contribution is -0.125. The van der Waals surface area contributed by atoms with E-state index in [2.05, 4.69) is 5.32 Å². The summed E-state index contributed by atoms with van der Waals surface area (Å²) in [5.41, 5.74) is 0.477. The van der Waals surface area contributed by atoms with Gasteiger partial charge in [0.15, 0.2) is 0 Å². The maximum absolute atomic E-state index is 11.8. The van der Waals surface area contributed by atoms with Crippen molar-refractivity contribution in [1.29, 1.82) is 0 Å². The van der Waals surface area contributed by atoms with Gasteiger partial charge < -0.3 is 5.32 Å². The van der Waals surface area contributed by atoms with Crippen LogP contribution >= 0.6 is 23.2 Å². The highest BCUT2D eigenvalue weighted by Gasteiger charge is 2.26. The number of nitrogens with one attached hydrogen (secondary N) is 1. The highest BCUT2D eigenvalue weighted by Crippen LogP contribution is 2.24. The van der Waals surface area contributed by atoms with Gasteiger partial charge in [-0.25, -0.2) is 0 Å². The van der Waals surface area contributed by atoms with Crippen LogP contribution in [0.15, 0.2) is 18.2 Å². The molecule has 0 atom stereocenters. The maximum atomic E-state index is 11.8. The Balaban J connectivity index is 2.58. The molecular formula is C9H8Cl2F3N. The number of hydrogen-bond acceptors (Lipinski definition) is 1. The zero-order chi connectivity index (χ0) is 11.5. The standard InChI is InChI=1S/C9H8Cl2F3N/c10-7-2-1-3-8(11)6(7)4-15-5-9(12,13)14/h1-3,15H,4-5H2. The average Bonchev–Trinajstić information content (AvgIpc) is 2.08. The fourth-order valence-corrected chi connectivity index (χ4v) is 1.56. The van der Waals surface area contributed by atoms with Gasteiger partial charge in [0.05, 0.1) is 6.54 Å². The summed E-state index contributed by atoms with van der Waals surface area (Å²) in [7, 11) is 0. The van der Waals surface area contributed by atoms with E-state index in [0.29, 0.717) is 15.6 Å². The molecule has 0 radical (unpaired) electrons. The first-order chi connectivity index (χ1) is 6.90. The summed E-state index contributed by atoms with van der Waals surface area (Å²) in [6, 6.07) is 4.80. The van der Waals surface area contributed by atoms with Crippen LogP contribution in [0.25, 0.3) is 0 Å². The quantitative estimate of drug-likeness (QED) is 0.872. The van der Waals surface area contributed by atoms with Crippen LogP contribution < -0.4 is 5.32 Å². The van der Waals surface area contributed by atoms with Gasteiger partial charge in [0.1, 0.15) is 0 Å². The first kappa shape index (κ1) is 12.6. The molecule has 0 aliphatic carbocycles. The molecule has 0 unspecified atom stereocenters. The van der Waals surface area contributed by atoms with E-state index in [4.69, 9.17) is 23.2 Å². The lowest BCUT2D eigenvalue weighted by Gasteiger charge is -2.10. The van der Waals surface area contributed by atoms with Crippen molar-refractivity contribution in [2.75, 3.05) is 6.54 Å². The van der Waals surface area contributed by atoms with Gasteiger partial charge in [-0.3, -0.25) is 0 Å². The van der Waals surface area contributed by atoms with Gasteiger partial charge in [-0.1, -0.05) is 29.3 Å². The van der Waals surface area contributed by atoms with Crippen LogP contribution in [0.3, 0.4) is 0 Å². The second-order valence-electron chi connectivity index (χ2n) is 2.92. The lowest BCUT2D eigenvalue weighted by atomic mass is 10.2. The molecule has 1 N–H and O–H groups in total. The number of halogens is 5.